The maximum absolute atomic E-state index is 12.5. The van der Waals surface area contributed by atoms with E-state index in [4.69, 9.17) is 0 Å². The Morgan fingerprint density at radius 1 is 1.29 bits per heavy atom. The van der Waals surface area contributed by atoms with Gasteiger partial charge in [-0.1, -0.05) is 6.92 Å². The van der Waals surface area contributed by atoms with Crippen LogP contribution in [-0.2, 0) is 21.2 Å². The second kappa shape index (κ2) is 6.27. The third kappa shape index (κ3) is 3.01. The molecule has 1 aromatic heterocycles. The molecule has 1 fully saturated rings. The van der Waals surface area contributed by atoms with E-state index in [9.17, 15) is 13.2 Å². The monoisotopic (exact) mass is 348 g/mol. The largest absolute Gasteiger partial charge is 0.312 e. The summed E-state index contributed by atoms with van der Waals surface area (Å²) in [4.78, 5) is 13.6. The number of carbonyl (C=O) groups excluding carboxylic acids is 1. The summed E-state index contributed by atoms with van der Waals surface area (Å²) in [5, 5.41) is 6.85. The highest BCUT2D eigenvalue weighted by molar-refractivity contribution is 7.92. The molecule has 7 nitrogen and oxygen atoms in total. The van der Waals surface area contributed by atoms with Crippen LogP contribution >= 0.6 is 0 Å². The molecule has 0 saturated carbocycles. The van der Waals surface area contributed by atoms with E-state index in [1.807, 2.05) is 13.8 Å². The predicted molar refractivity (Wildman–Crippen MR) is 91.5 cm³/mol. The zero-order valence-corrected chi connectivity index (χ0v) is 14.5. The molecule has 0 atom stereocenters. The maximum atomic E-state index is 12.5. The molecule has 0 spiro atoms. The van der Waals surface area contributed by atoms with Gasteiger partial charge in [-0.3, -0.25) is 14.6 Å². The van der Waals surface area contributed by atoms with Gasteiger partial charge in [-0.25, -0.2) is 8.42 Å². The summed E-state index contributed by atoms with van der Waals surface area (Å²) in [7, 11) is -3.72. The first-order chi connectivity index (χ1) is 11.4. The number of benzene rings is 1. The molecule has 1 aromatic carbocycles. The number of nitrogens with zero attached hydrogens (tertiary/aromatic N) is 2. The summed E-state index contributed by atoms with van der Waals surface area (Å²) in [6.07, 6.45) is 2.12. The summed E-state index contributed by atoms with van der Waals surface area (Å²) >= 11 is 0. The van der Waals surface area contributed by atoms with Crippen molar-refractivity contribution in [1.82, 2.24) is 10.2 Å². The van der Waals surface area contributed by atoms with Crippen LogP contribution in [0.3, 0.4) is 0 Å². The molecule has 2 heterocycles. The summed E-state index contributed by atoms with van der Waals surface area (Å²) in [6.45, 7) is 4.47. The van der Waals surface area contributed by atoms with E-state index in [1.54, 1.807) is 17.0 Å². The molecule has 3 rings (SSSR count). The highest BCUT2D eigenvalue weighted by atomic mass is 32.2. The standard InChI is InChI=1S/C16H20N4O3S/c1-3-14-11(2)16(18-17-14)19-24(22,23)13-8-6-12(7-9-13)20-10-4-5-15(20)21/h6-9H,3-5,10H2,1-2H3,(H2,17,18,19). The van der Waals surface area contributed by atoms with Crippen LogP contribution in [0.5, 0.6) is 0 Å². The zero-order chi connectivity index (χ0) is 17.3. The van der Waals surface area contributed by atoms with E-state index >= 15 is 0 Å². The fourth-order valence-corrected chi connectivity index (χ4v) is 3.86. The maximum Gasteiger partial charge on any atom is 0.263 e. The number of aromatic nitrogens is 2. The second-order valence-corrected chi connectivity index (χ2v) is 7.46. The molecule has 0 bridgehead atoms. The van der Waals surface area contributed by atoms with Crippen LogP contribution < -0.4 is 9.62 Å². The number of amides is 1. The molecular formula is C16H20N4O3S. The molecule has 24 heavy (non-hydrogen) atoms. The minimum atomic E-state index is -3.72. The number of H-pyrrole nitrogens is 1. The number of hydrogen-bond donors (Lipinski definition) is 2. The second-order valence-electron chi connectivity index (χ2n) is 5.78. The van der Waals surface area contributed by atoms with Crippen molar-refractivity contribution in [2.24, 2.45) is 0 Å². The number of hydrogen-bond acceptors (Lipinski definition) is 4. The van der Waals surface area contributed by atoms with Crippen LogP contribution in [0.4, 0.5) is 11.5 Å². The summed E-state index contributed by atoms with van der Waals surface area (Å²) in [6, 6.07) is 6.33. The minimum absolute atomic E-state index is 0.0722. The lowest BCUT2D eigenvalue weighted by atomic mass is 10.2. The number of anilines is 2. The van der Waals surface area contributed by atoms with E-state index in [2.05, 4.69) is 14.9 Å². The van der Waals surface area contributed by atoms with Gasteiger partial charge in [0.25, 0.3) is 10.0 Å². The number of rotatable bonds is 5. The summed E-state index contributed by atoms with van der Waals surface area (Å²) in [5.41, 5.74) is 2.41. The Kier molecular flexibility index (Phi) is 4.31. The zero-order valence-electron chi connectivity index (χ0n) is 13.7. The molecule has 2 N–H and O–H groups in total. The quantitative estimate of drug-likeness (QED) is 0.866. The third-order valence-corrected chi connectivity index (χ3v) is 5.58. The van der Waals surface area contributed by atoms with Crippen LogP contribution in [-0.4, -0.2) is 31.1 Å². The molecule has 1 saturated heterocycles. The Balaban J connectivity index is 1.82. The van der Waals surface area contributed by atoms with Gasteiger partial charge in [0, 0.05) is 29.9 Å². The minimum Gasteiger partial charge on any atom is -0.312 e. The van der Waals surface area contributed by atoms with Crippen LogP contribution in [0, 0.1) is 6.92 Å². The van der Waals surface area contributed by atoms with Gasteiger partial charge in [0.2, 0.25) is 5.91 Å². The smallest absolute Gasteiger partial charge is 0.263 e. The van der Waals surface area contributed by atoms with Gasteiger partial charge < -0.3 is 4.90 Å². The lowest BCUT2D eigenvalue weighted by Crippen LogP contribution is -2.23. The van der Waals surface area contributed by atoms with Crippen LogP contribution in [0.15, 0.2) is 29.2 Å². The molecule has 0 radical (unpaired) electrons. The number of sulfonamides is 1. The van der Waals surface area contributed by atoms with Crippen LogP contribution in [0.25, 0.3) is 0 Å². The lowest BCUT2D eigenvalue weighted by Gasteiger charge is -2.16. The SMILES string of the molecule is CCc1[nH]nc(NS(=O)(=O)c2ccc(N3CCCC3=O)cc2)c1C. The van der Waals surface area contributed by atoms with Crippen LogP contribution in [0.1, 0.15) is 31.0 Å². The van der Waals surface area contributed by atoms with E-state index in [0.29, 0.717) is 18.8 Å². The van der Waals surface area contributed by atoms with E-state index in [0.717, 1.165) is 29.8 Å². The molecular weight excluding hydrogens is 328 g/mol. The first-order valence-electron chi connectivity index (χ1n) is 7.89. The van der Waals surface area contributed by atoms with Crippen molar-refractivity contribution < 1.29 is 13.2 Å². The normalized spacial score (nSPS) is 15.1. The Hall–Kier alpha value is -2.35. The Bertz CT molecular complexity index is 856. The third-order valence-electron chi connectivity index (χ3n) is 4.23. The Labute approximate surface area is 141 Å². The van der Waals surface area contributed by atoms with Gasteiger partial charge in [-0.15, -0.1) is 0 Å². The van der Waals surface area contributed by atoms with Crippen molar-refractivity contribution in [1.29, 1.82) is 0 Å². The van der Waals surface area contributed by atoms with Gasteiger partial charge in [-0.2, -0.15) is 5.10 Å². The number of carbonyl (C=O) groups is 1. The van der Waals surface area contributed by atoms with Crippen LogP contribution in [0.2, 0.25) is 0 Å². The highest BCUT2D eigenvalue weighted by Gasteiger charge is 2.23. The van der Waals surface area contributed by atoms with Gasteiger partial charge in [0.1, 0.15) is 0 Å². The molecule has 2 aromatic rings. The molecule has 128 valence electrons. The van der Waals surface area contributed by atoms with Gasteiger partial charge in [-0.05, 0) is 44.0 Å². The number of aryl methyl sites for hydroxylation is 1. The average Bonchev–Trinajstić information content (AvgIpc) is 3.14. The average molecular weight is 348 g/mol. The fraction of sp³-hybridized carbons (Fsp3) is 0.375. The van der Waals surface area contributed by atoms with Crippen molar-refractivity contribution >= 4 is 27.4 Å². The fourth-order valence-electron chi connectivity index (χ4n) is 2.79. The molecule has 1 amide bonds. The van der Waals surface area contributed by atoms with Crippen molar-refractivity contribution in [3.8, 4) is 0 Å². The lowest BCUT2D eigenvalue weighted by molar-refractivity contribution is -0.117. The molecule has 0 aliphatic carbocycles. The van der Waals surface area contributed by atoms with Gasteiger partial charge >= 0.3 is 0 Å². The van der Waals surface area contributed by atoms with Crippen molar-refractivity contribution in [3.05, 3.63) is 35.5 Å². The molecule has 1 aliphatic rings. The molecule has 1 aliphatic heterocycles. The van der Waals surface area contributed by atoms with Gasteiger partial charge in [0.15, 0.2) is 5.82 Å². The molecule has 0 unspecified atom stereocenters. The Morgan fingerprint density at radius 3 is 2.54 bits per heavy atom. The predicted octanol–water partition coefficient (Wildman–Crippen LogP) is 2.21. The van der Waals surface area contributed by atoms with E-state index in [1.165, 1.54) is 12.1 Å². The highest BCUT2D eigenvalue weighted by Crippen LogP contribution is 2.24. The summed E-state index contributed by atoms with van der Waals surface area (Å²) in [5.74, 6) is 0.383. The first-order valence-corrected chi connectivity index (χ1v) is 9.38. The molecule has 8 heteroatoms. The number of nitrogens with one attached hydrogen (secondary N) is 2. The van der Waals surface area contributed by atoms with E-state index in [-0.39, 0.29) is 10.8 Å². The topological polar surface area (TPSA) is 95.2 Å². The van der Waals surface area contributed by atoms with Crippen molar-refractivity contribution in [3.63, 3.8) is 0 Å². The van der Waals surface area contributed by atoms with E-state index < -0.39 is 10.0 Å². The Morgan fingerprint density at radius 2 is 2.00 bits per heavy atom. The summed E-state index contributed by atoms with van der Waals surface area (Å²) < 4.78 is 27.5. The number of aromatic amines is 1. The van der Waals surface area contributed by atoms with Gasteiger partial charge in [0.05, 0.1) is 4.90 Å². The first kappa shape index (κ1) is 16.5. The van der Waals surface area contributed by atoms with Crippen molar-refractivity contribution in [2.75, 3.05) is 16.2 Å². The van der Waals surface area contributed by atoms with Crippen molar-refractivity contribution in [2.45, 2.75) is 38.0 Å².